The Hall–Kier alpha value is -1.90. The first-order valence-electron chi connectivity index (χ1n) is 11.2. The van der Waals surface area contributed by atoms with Gasteiger partial charge in [-0.1, -0.05) is 18.0 Å². The second kappa shape index (κ2) is 6.33. The minimum atomic E-state index is -0.748. The Morgan fingerprint density at radius 2 is 2.19 bits per heavy atom. The van der Waals surface area contributed by atoms with Gasteiger partial charge in [0.05, 0.1) is 23.5 Å². The van der Waals surface area contributed by atoms with Crippen LogP contribution < -0.4 is 10.6 Å². The number of ether oxygens (including phenoxy) is 2. The SMILES string of the molecule is CNC(=O)[C@@]12CCC[C@@H]1[C@@H](n1cnc3c4c(c(Cl)nc31)CC(C)N4)[C@@H]1OC(C)(C)O[C@@H]12. The summed E-state index contributed by atoms with van der Waals surface area (Å²) in [5.41, 5.74) is 2.96. The zero-order valence-corrected chi connectivity index (χ0v) is 19.0. The summed E-state index contributed by atoms with van der Waals surface area (Å²) in [5, 5.41) is 6.94. The molecule has 0 bridgehead atoms. The molecule has 3 fully saturated rings. The number of rotatable bonds is 2. The summed E-state index contributed by atoms with van der Waals surface area (Å²) in [5.74, 6) is -0.626. The largest absolute Gasteiger partial charge is 0.380 e. The summed E-state index contributed by atoms with van der Waals surface area (Å²) in [6.45, 7) is 5.97. The first kappa shape index (κ1) is 19.8. The molecular formula is C22H28ClN5O3. The molecule has 2 saturated carbocycles. The highest BCUT2D eigenvalue weighted by Crippen LogP contribution is 2.64. The molecule has 9 heteroatoms. The van der Waals surface area contributed by atoms with Gasteiger partial charge in [-0.2, -0.15) is 0 Å². The third-order valence-corrected chi connectivity index (χ3v) is 8.10. The monoisotopic (exact) mass is 445 g/mol. The lowest BCUT2D eigenvalue weighted by atomic mass is 9.77. The zero-order valence-electron chi connectivity index (χ0n) is 18.2. The average Bonchev–Trinajstić information content (AvgIpc) is 3.48. The summed E-state index contributed by atoms with van der Waals surface area (Å²) in [4.78, 5) is 22.8. The number of hydrogen-bond acceptors (Lipinski definition) is 6. The molecule has 0 spiro atoms. The van der Waals surface area contributed by atoms with Gasteiger partial charge in [0.25, 0.3) is 0 Å². The third-order valence-electron chi connectivity index (χ3n) is 7.78. The Kier molecular flexibility index (Phi) is 4.03. The van der Waals surface area contributed by atoms with Crippen molar-refractivity contribution in [1.29, 1.82) is 0 Å². The molecule has 2 aromatic heterocycles. The van der Waals surface area contributed by atoms with Crippen molar-refractivity contribution in [2.75, 3.05) is 12.4 Å². The molecule has 0 radical (unpaired) electrons. The van der Waals surface area contributed by atoms with Crippen molar-refractivity contribution < 1.29 is 14.3 Å². The zero-order chi connectivity index (χ0) is 21.7. The third kappa shape index (κ3) is 2.47. The Bertz CT molecular complexity index is 1100. The summed E-state index contributed by atoms with van der Waals surface area (Å²) >= 11 is 6.61. The van der Waals surface area contributed by atoms with Crippen LogP contribution in [0.2, 0.25) is 5.15 Å². The number of fused-ring (bicyclic) bond motifs is 6. The van der Waals surface area contributed by atoms with Crippen LogP contribution in [0.15, 0.2) is 6.33 Å². The summed E-state index contributed by atoms with van der Waals surface area (Å²) in [6.07, 6.45) is 4.84. The number of carbonyl (C=O) groups excluding carboxylic acids is 1. The fraction of sp³-hybridized carbons (Fsp3) is 0.682. The van der Waals surface area contributed by atoms with E-state index in [1.807, 2.05) is 20.2 Å². The molecule has 4 heterocycles. The highest BCUT2D eigenvalue weighted by Gasteiger charge is 2.71. The molecule has 31 heavy (non-hydrogen) atoms. The van der Waals surface area contributed by atoms with E-state index in [9.17, 15) is 4.79 Å². The Balaban J connectivity index is 1.53. The van der Waals surface area contributed by atoms with E-state index in [1.54, 1.807) is 7.05 Å². The van der Waals surface area contributed by atoms with Crippen molar-refractivity contribution in [2.24, 2.45) is 11.3 Å². The molecule has 2 N–H and O–H groups in total. The van der Waals surface area contributed by atoms with Crippen LogP contribution in [0.4, 0.5) is 5.69 Å². The van der Waals surface area contributed by atoms with Crippen LogP contribution in [0.3, 0.4) is 0 Å². The predicted octanol–water partition coefficient (Wildman–Crippen LogP) is 3.05. The number of nitrogens with one attached hydrogen (secondary N) is 2. The summed E-state index contributed by atoms with van der Waals surface area (Å²) in [6, 6.07) is 0.195. The average molecular weight is 446 g/mol. The van der Waals surface area contributed by atoms with Gasteiger partial charge in [-0.25, -0.2) is 9.97 Å². The van der Waals surface area contributed by atoms with Crippen molar-refractivity contribution in [3.8, 4) is 0 Å². The van der Waals surface area contributed by atoms with E-state index in [1.165, 1.54) is 0 Å². The summed E-state index contributed by atoms with van der Waals surface area (Å²) < 4.78 is 14.9. The Morgan fingerprint density at radius 3 is 2.97 bits per heavy atom. The lowest BCUT2D eigenvalue weighted by Gasteiger charge is -2.35. The molecule has 2 aromatic rings. The van der Waals surface area contributed by atoms with Crippen LogP contribution in [0.1, 0.15) is 51.6 Å². The minimum Gasteiger partial charge on any atom is -0.380 e. The maximum atomic E-state index is 13.3. The van der Waals surface area contributed by atoms with Crippen LogP contribution in [0.25, 0.3) is 11.2 Å². The first-order chi connectivity index (χ1) is 14.8. The maximum absolute atomic E-state index is 13.3. The second-order valence-corrected chi connectivity index (χ2v) is 10.3. The molecule has 4 aliphatic rings. The fourth-order valence-electron chi connectivity index (χ4n) is 6.76. The normalized spacial score (nSPS) is 37.5. The molecule has 2 aliphatic heterocycles. The van der Waals surface area contributed by atoms with Gasteiger partial charge in [0.2, 0.25) is 5.91 Å². The number of nitrogens with zero attached hydrogens (tertiary/aromatic N) is 3. The van der Waals surface area contributed by atoms with Crippen molar-refractivity contribution >= 4 is 34.4 Å². The highest BCUT2D eigenvalue weighted by molar-refractivity contribution is 6.31. The maximum Gasteiger partial charge on any atom is 0.229 e. The van der Waals surface area contributed by atoms with Gasteiger partial charge >= 0.3 is 0 Å². The van der Waals surface area contributed by atoms with Crippen LogP contribution in [0.5, 0.6) is 0 Å². The van der Waals surface area contributed by atoms with E-state index >= 15 is 0 Å². The number of aromatic nitrogens is 3. The lowest BCUT2D eigenvalue weighted by molar-refractivity contribution is -0.178. The first-order valence-corrected chi connectivity index (χ1v) is 11.5. The molecule has 0 aromatic carbocycles. The molecule has 6 atom stereocenters. The van der Waals surface area contributed by atoms with Gasteiger partial charge in [0.15, 0.2) is 11.4 Å². The molecule has 2 aliphatic carbocycles. The second-order valence-electron chi connectivity index (χ2n) is 9.96. The van der Waals surface area contributed by atoms with Gasteiger partial charge in [0.1, 0.15) is 22.9 Å². The van der Waals surface area contributed by atoms with Crippen LogP contribution in [-0.4, -0.2) is 51.5 Å². The van der Waals surface area contributed by atoms with Gasteiger partial charge < -0.3 is 24.7 Å². The standard InChI is InChI=1S/C22H28ClN5O3/c1-10-8-11-13(26-10)14-19(27-18(11)23)28(9-25-14)15-12-6-5-7-22(12,20(29)24-4)17-16(15)30-21(2,3)31-17/h9-10,12,15-17,26H,5-8H2,1-4H3,(H,24,29)/t10?,12-,15-,16+,17+,22+/m1/s1. The van der Waals surface area contributed by atoms with E-state index in [4.69, 9.17) is 31.0 Å². The highest BCUT2D eigenvalue weighted by atomic mass is 35.5. The van der Waals surface area contributed by atoms with Gasteiger partial charge in [-0.05, 0) is 46.0 Å². The Morgan fingerprint density at radius 1 is 1.39 bits per heavy atom. The smallest absolute Gasteiger partial charge is 0.229 e. The van der Waals surface area contributed by atoms with E-state index in [0.717, 1.165) is 48.1 Å². The van der Waals surface area contributed by atoms with Gasteiger partial charge in [0, 0.05) is 18.7 Å². The van der Waals surface area contributed by atoms with Crippen LogP contribution >= 0.6 is 11.6 Å². The predicted molar refractivity (Wildman–Crippen MR) is 116 cm³/mol. The molecular weight excluding hydrogens is 418 g/mol. The molecule has 166 valence electrons. The number of amides is 1. The minimum absolute atomic E-state index is 0.0422. The number of carbonyl (C=O) groups is 1. The van der Waals surface area contributed by atoms with Gasteiger partial charge in [-0.15, -0.1) is 0 Å². The van der Waals surface area contributed by atoms with Crippen molar-refractivity contribution in [2.45, 2.75) is 76.5 Å². The Labute approximate surface area is 186 Å². The number of hydrogen-bond donors (Lipinski definition) is 2. The van der Waals surface area contributed by atoms with E-state index in [0.29, 0.717) is 11.2 Å². The fourth-order valence-corrected chi connectivity index (χ4v) is 7.01. The molecule has 8 nitrogen and oxygen atoms in total. The molecule has 1 amide bonds. The van der Waals surface area contributed by atoms with Crippen LogP contribution in [0, 0.1) is 11.3 Å². The topological polar surface area (TPSA) is 90.3 Å². The number of imidazole rings is 1. The number of halogens is 1. The van der Waals surface area contributed by atoms with Crippen molar-refractivity contribution in [3.05, 3.63) is 17.0 Å². The lowest BCUT2D eigenvalue weighted by Crippen LogP contribution is -2.48. The molecule has 6 rings (SSSR count). The van der Waals surface area contributed by atoms with E-state index in [2.05, 4.69) is 22.1 Å². The van der Waals surface area contributed by atoms with Crippen molar-refractivity contribution in [3.63, 3.8) is 0 Å². The summed E-state index contributed by atoms with van der Waals surface area (Å²) in [7, 11) is 1.71. The van der Waals surface area contributed by atoms with E-state index in [-0.39, 0.29) is 30.1 Å². The number of anilines is 1. The number of pyridine rings is 1. The van der Waals surface area contributed by atoms with Crippen molar-refractivity contribution in [1.82, 2.24) is 19.9 Å². The van der Waals surface area contributed by atoms with Gasteiger partial charge in [-0.3, -0.25) is 4.79 Å². The van der Waals surface area contributed by atoms with E-state index < -0.39 is 11.2 Å². The molecule has 1 unspecified atom stereocenters. The molecule has 1 saturated heterocycles. The quantitative estimate of drug-likeness (QED) is 0.690. The van der Waals surface area contributed by atoms with Crippen LogP contribution in [-0.2, 0) is 20.7 Å².